The van der Waals surface area contributed by atoms with E-state index in [4.69, 9.17) is 9.47 Å². The number of ether oxygens (including phenoxy) is 2. The van der Waals surface area contributed by atoms with Crippen molar-refractivity contribution < 1.29 is 19.1 Å². The van der Waals surface area contributed by atoms with Gasteiger partial charge in [0.05, 0.1) is 12.0 Å². The molecule has 0 aliphatic carbocycles. The van der Waals surface area contributed by atoms with Crippen LogP contribution in [-0.2, 0) is 19.1 Å². The zero-order chi connectivity index (χ0) is 13.7. The van der Waals surface area contributed by atoms with Crippen molar-refractivity contribution in [2.75, 3.05) is 13.2 Å². The first-order valence-electron chi connectivity index (χ1n) is 5.55. The Morgan fingerprint density at radius 2 is 1.59 bits per heavy atom. The molecule has 4 heteroatoms. The van der Waals surface area contributed by atoms with Crippen molar-refractivity contribution in [3.63, 3.8) is 0 Å². The molecule has 0 atom stereocenters. The third-order valence-corrected chi connectivity index (χ3v) is 1.93. The van der Waals surface area contributed by atoms with Crippen molar-refractivity contribution in [1.29, 1.82) is 0 Å². The Morgan fingerprint density at radius 3 is 2.00 bits per heavy atom. The molecule has 0 aromatic heterocycles. The summed E-state index contributed by atoms with van der Waals surface area (Å²) < 4.78 is 10.0. The van der Waals surface area contributed by atoms with Crippen LogP contribution in [0.25, 0.3) is 0 Å². The number of hydrogen-bond acceptors (Lipinski definition) is 4. The predicted molar refractivity (Wildman–Crippen MR) is 65.4 cm³/mol. The highest BCUT2D eigenvalue weighted by Gasteiger charge is 2.32. The normalized spacial score (nSPS) is 11.8. The quantitative estimate of drug-likeness (QED) is 0.548. The Bertz CT molecular complexity index is 297. The summed E-state index contributed by atoms with van der Waals surface area (Å²) in [5.74, 6) is -0.911. The zero-order valence-electron chi connectivity index (χ0n) is 11.3. The average molecular weight is 242 g/mol. The van der Waals surface area contributed by atoms with E-state index >= 15 is 0 Å². The summed E-state index contributed by atoms with van der Waals surface area (Å²) in [5, 5.41) is 0. The molecule has 0 fully saturated rings. The Morgan fingerprint density at radius 1 is 1.06 bits per heavy atom. The van der Waals surface area contributed by atoms with Gasteiger partial charge in [-0.15, -0.1) is 0 Å². The van der Waals surface area contributed by atoms with E-state index < -0.39 is 11.4 Å². The molecule has 4 nitrogen and oxygen atoms in total. The highest BCUT2D eigenvalue weighted by molar-refractivity contribution is 5.82. The third kappa shape index (κ3) is 6.76. The molecule has 0 aromatic carbocycles. The van der Waals surface area contributed by atoms with Gasteiger partial charge in [-0.05, 0) is 19.3 Å². The molecular weight excluding hydrogens is 220 g/mol. The molecule has 98 valence electrons. The number of carbonyl (C=O) groups excluding carboxylic acids is 2. The van der Waals surface area contributed by atoms with Crippen molar-refractivity contribution in [3.8, 4) is 0 Å². The molecule has 0 saturated carbocycles. The lowest BCUT2D eigenvalue weighted by Gasteiger charge is -2.25. The minimum Gasteiger partial charge on any atom is -0.465 e. The van der Waals surface area contributed by atoms with Crippen LogP contribution in [0.2, 0.25) is 0 Å². The number of carbonyl (C=O) groups is 2. The lowest BCUT2D eigenvalue weighted by molar-refractivity contribution is -0.162. The molecule has 0 unspecified atom stereocenters. The molecule has 0 heterocycles. The maximum Gasteiger partial charge on any atom is 0.330 e. The molecule has 0 N–H and O–H groups in total. The lowest BCUT2D eigenvalue weighted by atomic mass is 9.94. The van der Waals surface area contributed by atoms with Crippen LogP contribution in [0.15, 0.2) is 12.7 Å². The fraction of sp³-hybridized carbons (Fsp3) is 0.692. The van der Waals surface area contributed by atoms with Gasteiger partial charge in [0.2, 0.25) is 0 Å². The molecule has 0 amide bonds. The van der Waals surface area contributed by atoms with Crippen LogP contribution in [0.1, 0.15) is 34.6 Å². The zero-order valence-corrected chi connectivity index (χ0v) is 11.3. The first kappa shape index (κ1) is 15.7. The monoisotopic (exact) mass is 242 g/mol. The van der Waals surface area contributed by atoms with Crippen LogP contribution in [0.3, 0.4) is 0 Å². The molecule has 0 bridgehead atoms. The maximum absolute atomic E-state index is 11.8. The molecular formula is C13H22O4. The van der Waals surface area contributed by atoms with Crippen molar-refractivity contribution >= 4 is 11.9 Å². The minimum atomic E-state index is -0.843. The summed E-state index contributed by atoms with van der Waals surface area (Å²) in [6.07, 6.45) is 1.07. The van der Waals surface area contributed by atoms with E-state index in [2.05, 4.69) is 6.58 Å². The van der Waals surface area contributed by atoms with Crippen LogP contribution in [0.5, 0.6) is 0 Å². The summed E-state index contributed by atoms with van der Waals surface area (Å²) in [7, 11) is 0. The SMILES string of the molecule is C=CC(=O)OCC(C)(C)C(=O)OCC(C)(C)C. The fourth-order valence-corrected chi connectivity index (χ4v) is 0.847. The van der Waals surface area contributed by atoms with Gasteiger partial charge in [-0.1, -0.05) is 27.4 Å². The molecule has 0 aliphatic heterocycles. The highest BCUT2D eigenvalue weighted by Crippen LogP contribution is 2.21. The topological polar surface area (TPSA) is 52.6 Å². The van der Waals surface area contributed by atoms with E-state index in [9.17, 15) is 9.59 Å². The van der Waals surface area contributed by atoms with Gasteiger partial charge in [-0.3, -0.25) is 4.79 Å². The van der Waals surface area contributed by atoms with Crippen LogP contribution in [0, 0.1) is 10.8 Å². The Labute approximate surface area is 103 Å². The second kappa shape index (κ2) is 5.84. The van der Waals surface area contributed by atoms with Crippen molar-refractivity contribution in [2.24, 2.45) is 10.8 Å². The second-order valence-corrected chi connectivity index (χ2v) is 5.83. The summed E-state index contributed by atoms with van der Waals surface area (Å²) in [6, 6.07) is 0. The lowest BCUT2D eigenvalue weighted by Crippen LogP contribution is -2.34. The molecule has 0 spiro atoms. The van der Waals surface area contributed by atoms with E-state index in [1.54, 1.807) is 13.8 Å². The molecule has 0 radical (unpaired) electrons. The fourth-order valence-electron chi connectivity index (χ4n) is 0.847. The largest absolute Gasteiger partial charge is 0.465 e. The second-order valence-electron chi connectivity index (χ2n) is 5.83. The van der Waals surface area contributed by atoms with Gasteiger partial charge in [0.25, 0.3) is 0 Å². The molecule has 0 rings (SSSR count). The van der Waals surface area contributed by atoms with E-state index in [-0.39, 0.29) is 18.0 Å². The highest BCUT2D eigenvalue weighted by atomic mass is 16.6. The van der Waals surface area contributed by atoms with Crippen LogP contribution >= 0.6 is 0 Å². The summed E-state index contributed by atoms with van der Waals surface area (Å²) in [5.41, 5.74) is -0.923. The standard InChI is InChI=1S/C13H22O4/c1-7-10(14)16-9-13(5,6)11(15)17-8-12(2,3)4/h7H,1,8-9H2,2-6H3. The van der Waals surface area contributed by atoms with Gasteiger partial charge in [-0.25, -0.2) is 4.79 Å². The van der Waals surface area contributed by atoms with E-state index in [0.29, 0.717) is 6.61 Å². The molecule has 0 saturated heterocycles. The first-order chi connectivity index (χ1) is 7.58. The van der Waals surface area contributed by atoms with Crippen LogP contribution in [-0.4, -0.2) is 25.2 Å². The third-order valence-electron chi connectivity index (χ3n) is 1.93. The van der Waals surface area contributed by atoms with Gasteiger partial charge in [0.1, 0.15) is 6.61 Å². The Hall–Kier alpha value is -1.32. The average Bonchev–Trinajstić information content (AvgIpc) is 2.21. The summed E-state index contributed by atoms with van der Waals surface area (Å²) in [4.78, 5) is 22.7. The van der Waals surface area contributed by atoms with E-state index in [1.165, 1.54) is 0 Å². The Balaban J connectivity index is 4.25. The van der Waals surface area contributed by atoms with Crippen LogP contribution in [0.4, 0.5) is 0 Å². The van der Waals surface area contributed by atoms with Gasteiger partial charge < -0.3 is 9.47 Å². The number of hydrogen-bond donors (Lipinski definition) is 0. The van der Waals surface area contributed by atoms with Gasteiger partial charge in [0, 0.05) is 6.08 Å². The van der Waals surface area contributed by atoms with E-state index in [0.717, 1.165) is 6.08 Å². The van der Waals surface area contributed by atoms with Gasteiger partial charge in [0.15, 0.2) is 0 Å². The smallest absolute Gasteiger partial charge is 0.330 e. The predicted octanol–water partition coefficient (Wildman–Crippen LogP) is 2.33. The van der Waals surface area contributed by atoms with Gasteiger partial charge >= 0.3 is 11.9 Å². The summed E-state index contributed by atoms with van der Waals surface area (Å²) >= 11 is 0. The number of esters is 2. The number of rotatable bonds is 5. The maximum atomic E-state index is 11.8. The molecule has 0 aliphatic rings. The van der Waals surface area contributed by atoms with Crippen LogP contribution < -0.4 is 0 Å². The first-order valence-corrected chi connectivity index (χ1v) is 5.55. The van der Waals surface area contributed by atoms with Crippen molar-refractivity contribution in [1.82, 2.24) is 0 Å². The minimum absolute atomic E-state index is 0.0131. The Kier molecular flexibility index (Phi) is 5.39. The van der Waals surface area contributed by atoms with Gasteiger partial charge in [-0.2, -0.15) is 0 Å². The summed E-state index contributed by atoms with van der Waals surface area (Å²) in [6.45, 7) is 12.9. The van der Waals surface area contributed by atoms with Crippen molar-refractivity contribution in [3.05, 3.63) is 12.7 Å². The van der Waals surface area contributed by atoms with Crippen molar-refractivity contribution in [2.45, 2.75) is 34.6 Å². The molecule has 0 aromatic rings. The van der Waals surface area contributed by atoms with E-state index in [1.807, 2.05) is 20.8 Å². The molecule has 17 heavy (non-hydrogen) atoms.